The molecule has 3 aromatic rings. The lowest BCUT2D eigenvalue weighted by atomic mass is 9.95. The van der Waals surface area contributed by atoms with Gasteiger partial charge in [0.2, 0.25) is 5.95 Å². The van der Waals surface area contributed by atoms with Gasteiger partial charge in [0.15, 0.2) is 0 Å². The smallest absolute Gasteiger partial charge is 0.329 e. The van der Waals surface area contributed by atoms with Gasteiger partial charge in [-0.15, -0.1) is 0 Å². The zero-order valence-corrected chi connectivity index (χ0v) is 18.6. The molecule has 1 amide bonds. The monoisotopic (exact) mass is 464 g/mol. The van der Waals surface area contributed by atoms with Crippen molar-refractivity contribution in [3.8, 4) is 0 Å². The number of hydrogen-bond donors (Lipinski definition) is 1. The number of anilines is 1. The van der Waals surface area contributed by atoms with E-state index in [-0.39, 0.29) is 24.3 Å². The molecule has 1 aromatic carbocycles. The Morgan fingerprint density at radius 1 is 1.03 bits per heavy atom. The lowest BCUT2D eigenvalue weighted by molar-refractivity contribution is -0.134. The summed E-state index contributed by atoms with van der Waals surface area (Å²) in [7, 11) is 0. The number of halogens is 1. The number of nitrogens with zero attached hydrogens (tertiary/aromatic N) is 5. The molecule has 1 fully saturated rings. The topological polar surface area (TPSA) is 104 Å². The van der Waals surface area contributed by atoms with E-state index in [0.717, 1.165) is 4.57 Å². The van der Waals surface area contributed by atoms with Gasteiger partial charge < -0.3 is 14.8 Å². The van der Waals surface area contributed by atoms with Crippen LogP contribution in [0.3, 0.4) is 0 Å². The number of aromatic amines is 1. The van der Waals surface area contributed by atoms with E-state index in [1.807, 2.05) is 4.90 Å². The number of aromatic nitrogens is 4. The summed E-state index contributed by atoms with van der Waals surface area (Å²) < 4.78 is 15.1. The number of piperazine rings is 1. The number of nitrogens with one attached hydrogen (secondary N) is 1. The first-order valence-corrected chi connectivity index (χ1v) is 11.4. The molecule has 0 radical (unpaired) electrons. The number of carbonyl (C=O) groups is 1. The molecular weight excluding hydrogens is 439 g/mol. The molecule has 0 saturated carbocycles. The summed E-state index contributed by atoms with van der Waals surface area (Å²) >= 11 is 0. The van der Waals surface area contributed by atoms with E-state index in [4.69, 9.17) is 0 Å². The number of alkyl halides is 1. The van der Waals surface area contributed by atoms with E-state index in [0.29, 0.717) is 49.8 Å². The molecule has 1 N–H and O–H groups in total. The van der Waals surface area contributed by atoms with Crippen molar-refractivity contribution in [2.75, 3.05) is 31.1 Å². The second kappa shape index (κ2) is 9.20. The minimum Gasteiger partial charge on any atom is -0.337 e. The van der Waals surface area contributed by atoms with E-state index >= 15 is 0 Å². The van der Waals surface area contributed by atoms with Crippen LogP contribution in [0.15, 0.2) is 58.4 Å². The quantitative estimate of drug-likeness (QED) is 0.620. The molecule has 34 heavy (non-hydrogen) atoms. The zero-order valence-electron chi connectivity index (χ0n) is 18.6. The third kappa shape index (κ3) is 4.11. The fourth-order valence-corrected chi connectivity index (χ4v) is 4.71. The van der Waals surface area contributed by atoms with Gasteiger partial charge in [0.1, 0.15) is 12.2 Å². The summed E-state index contributed by atoms with van der Waals surface area (Å²) in [4.78, 5) is 55.1. The Morgan fingerprint density at radius 2 is 1.74 bits per heavy atom. The maximum Gasteiger partial charge on any atom is 0.329 e. The zero-order chi connectivity index (χ0) is 23.7. The maximum absolute atomic E-state index is 14.1. The van der Waals surface area contributed by atoms with E-state index < -0.39 is 23.5 Å². The van der Waals surface area contributed by atoms with Crippen molar-refractivity contribution in [3.63, 3.8) is 0 Å². The van der Waals surface area contributed by atoms with E-state index in [9.17, 15) is 18.8 Å². The summed E-state index contributed by atoms with van der Waals surface area (Å²) in [6, 6.07) is 9.37. The molecular formula is C24H25FN6O3. The van der Waals surface area contributed by atoms with Gasteiger partial charge in [0.05, 0.1) is 0 Å². The third-order valence-corrected chi connectivity index (χ3v) is 6.48. The summed E-state index contributed by atoms with van der Waals surface area (Å²) in [5, 5.41) is 0. The molecule has 1 saturated heterocycles. The molecule has 2 atom stereocenters. The summed E-state index contributed by atoms with van der Waals surface area (Å²) in [5.74, 6) is 0.248. The van der Waals surface area contributed by atoms with E-state index in [1.54, 1.807) is 53.7 Å². The molecule has 0 spiro atoms. The van der Waals surface area contributed by atoms with Gasteiger partial charge >= 0.3 is 5.69 Å². The van der Waals surface area contributed by atoms with Gasteiger partial charge in [-0.3, -0.25) is 9.59 Å². The molecule has 2 aliphatic rings. The molecule has 176 valence electrons. The average Bonchev–Trinajstić information content (AvgIpc) is 2.88. The van der Waals surface area contributed by atoms with Crippen LogP contribution in [0.1, 0.15) is 29.3 Å². The summed E-state index contributed by atoms with van der Waals surface area (Å²) in [5.41, 5.74) is -0.00491. The number of fused-ring (bicyclic) bond motifs is 1. The van der Waals surface area contributed by atoms with Crippen LogP contribution in [0, 0.1) is 0 Å². The first-order chi connectivity index (χ1) is 16.5. The van der Waals surface area contributed by atoms with Crippen molar-refractivity contribution < 1.29 is 9.18 Å². The Balaban J connectivity index is 1.49. The number of H-pyrrole nitrogens is 1. The number of amides is 1. The molecule has 5 rings (SSSR count). The van der Waals surface area contributed by atoms with Crippen LogP contribution >= 0.6 is 0 Å². The fourth-order valence-electron chi connectivity index (χ4n) is 4.71. The predicted octanol–water partition coefficient (Wildman–Crippen LogP) is 1.09. The van der Waals surface area contributed by atoms with E-state index in [1.165, 1.54) is 0 Å². The Bertz CT molecular complexity index is 1290. The number of carbonyl (C=O) groups excluding carboxylic acids is 1. The second-order valence-corrected chi connectivity index (χ2v) is 8.58. The van der Waals surface area contributed by atoms with Crippen molar-refractivity contribution in [2.45, 2.75) is 31.5 Å². The van der Waals surface area contributed by atoms with Gasteiger partial charge in [-0.2, -0.15) is 0 Å². The van der Waals surface area contributed by atoms with Crippen molar-refractivity contribution >= 4 is 11.9 Å². The van der Waals surface area contributed by atoms with Crippen LogP contribution in [0.5, 0.6) is 0 Å². The molecule has 1 aliphatic carbocycles. The van der Waals surface area contributed by atoms with Gasteiger partial charge in [-0.1, -0.05) is 30.3 Å². The predicted molar refractivity (Wildman–Crippen MR) is 124 cm³/mol. The summed E-state index contributed by atoms with van der Waals surface area (Å²) in [6.45, 7) is 1.83. The Kier molecular flexibility index (Phi) is 5.95. The number of rotatable bonds is 4. The van der Waals surface area contributed by atoms with Crippen molar-refractivity contribution in [1.29, 1.82) is 0 Å². The van der Waals surface area contributed by atoms with Gasteiger partial charge in [-0.25, -0.2) is 23.7 Å². The van der Waals surface area contributed by atoms with Crippen LogP contribution in [-0.2, 0) is 17.6 Å². The third-order valence-electron chi connectivity index (χ3n) is 6.48. The maximum atomic E-state index is 14.1. The first-order valence-electron chi connectivity index (χ1n) is 11.4. The number of benzene rings is 1. The van der Waals surface area contributed by atoms with Crippen molar-refractivity contribution in [2.24, 2.45) is 0 Å². The van der Waals surface area contributed by atoms with Crippen molar-refractivity contribution in [3.05, 3.63) is 86.5 Å². The second-order valence-electron chi connectivity index (χ2n) is 8.58. The van der Waals surface area contributed by atoms with Crippen LogP contribution in [0.2, 0.25) is 0 Å². The molecule has 2 aromatic heterocycles. The van der Waals surface area contributed by atoms with E-state index in [2.05, 4.69) is 15.0 Å². The van der Waals surface area contributed by atoms with Crippen LogP contribution in [-0.4, -0.2) is 62.7 Å². The minimum absolute atomic E-state index is 0.0591. The van der Waals surface area contributed by atoms with Crippen LogP contribution in [0.4, 0.5) is 10.3 Å². The number of aryl methyl sites for hydroxylation is 1. The summed E-state index contributed by atoms with van der Waals surface area (Å²) in [6.07, 6.45) is 2.71. The highest BCUT2D eigenvalue weighted by atomic mass is 19.1. The standard InChI is InChI=1S/C24H25FN6O3/c25-17-7-8-19-18(15-17)21(32)31(24(34)28-19)20(16-5-2-1-3-6-16)22(33)29-11-13-30(14-12-29)23-26-9-4-10-27-23/h1-6,9-10,17,20H,7-8,11-15H2,(H,28,34). The van der Waals surface area contributed by atoms with Gasteiger partial charge in [0, 0.05) is 56.3 Å². The molecule has 10 heteroatoms. The largest absolute Gasteiger partial charge is 0.337 e. The van der Waals surface area contributed by atoms with Crippen molar-refractivity contribution in [1.82, 2.24) is 24.4 Å². The minimum atomic E-state index is -1.14. The number of hydrogen-bond acceptors (Lipinski definition) is 6. The Labute approximate surface area is 194 Å². The highest BCUT2D eigenvalue weighted by Gasteiger charge is 2.34. The molecule has 9 nitrogen and oxygen atoms in total. The SMILES string of the molecule is O=C(C(c1ccccc1)n1c(=O)[nH]c2c(c1=O)CC(F)CC2)N1CCN(c2ncccn2)CC1. The Hall–Kier alpha value is -3.82. The van der Waals surface area contributed by atoms with Gasteiger partial charge in [-0.05, 0) is 24.5 Å². The normalized spacial score (nSPS) is 18.9. The van der Waals surface area contributed by atoms with Gasteiger partial charge in [0.25, 0.3) is 11.5 Å². The highest BCUT2D eigenvalue weighted by molar-refractivity contribution is 5.84. The molecule has 2 unspecified atom stereocenters. The first kappa shape index (κ1) is 22.0. The van der Waals surface area contributed by atoms with Crippen LogP contribution < -0.4 is 16.1 Å². The fraction of sp³-hybridized carbons (Fsp3) is 0.375. The molecule has 1 aliphatic heterocycles. The lowest BCUT2D eigenvalue weighted by Gasteiger charge is -2.36. The molecule has 0 bridgehead atoms. The molecule has 3 heterocycles. The lowest BCUT2D eigenvalue weighted by Crippen LogP contribution is -2.54. The Morgan fingerprint density at radius 3 is 2.44 bits per heavy atom. The highest BCUT2D eigenvalue weighted by Crippen LogP contribution is 2.23. The average molecular weight is 465 g/mol. The van der Waals surface area contributed by atoms with Crippen LogP contribution in [0.25, 0.3) is 0 Å².